The number of hydrogen-bond acceptors (Lipinski definition) is 4. The Kier molecular flexibility index (Phi) is 8.25. The van der Waals surface area contributed by atoms with E-state index in [9.17, 15) is 0 Å². The first-order valence-corrected chi connectivity index (χ1v) is 13.7. The standard InChI is InChI=1S/C26H31F2N3S2/c1-3-5-7-8-12-18(11-6-4-2)17-31-29-25-21(19-13-9-15-32-19)23(27)24(28)22(26(25)30-31)20-14-10-16-33-20/h9-10,13-16,18H,3-8,11-12,17H2,1-2H3. The molecule has 1 aromatic carbocycles. The van der Waals surface area contributed by atoms with Crippen LogP contribution in [-0.4, -0.2) is 15.0 Å². The van der Waals surface area contributed by atoms with Gasteiger partial charge in [-0.1, -0.05) is 64.5 Å². The lowest BCUT2D eigenvalue weighted by Gasteiger charge is -2.15. The van der Waals surface area contributed by atoms with Gasteiger partial charge in [-0.05, 0) is 41.7 Å². The summed E-state index contributed by atoms with van der Waals surface area (Å²) in [5.74, 6) is -1.22. The highest BCUT2D eigenvalue weighted by molar-refractivity contribution is 7.14. The van der Waals surface area contributed by atoms with Crippen molar-refractivity contribution in [3.8, 4) is 20.9 Å². The van der Waals surface area contributed by atoms with Crippen LogP contribution in [0.5, 0.6) is 0 Å². The van der Waals surface area contributed by atoms with Gasteiger partial charge in [-0.3, -0.25) is 0 Å². The molecule has 4 aromatic rings. The van der Waals surface area contributed by atoms with Crippen molar-refractivity contribution in [3.63, 3.8) is 0 Å². The third kappa shape index (κ3) is 5.35. The van der Waals surface area contributed by atoms with Crippen molar-refractivity contribution in [3.05, 3.63) is 46.7 Å². The van der Waals surface area contributed by atoms with Gasteiger partial charge in [0, 0.05) is 9.75 Å². The largest absolute Gasteiger partial charge is 0.203 e. The Bertz CT molecular complexity index is 1070. The molecule has 0 saturated heterocycles. The summed E-state index contributed by atoms with van der Waals surface area (Å²) in [6.07, 6.45) is 9.51. The molecule has 176 valence electrons. The second-order valence-electron chi connectivity index (χ2n) is 8.64. The highest BCUT2D eigenvalue weighted by atomic mass is 32.1. The lowest BCUT2D eigenvalue weighted by atomic mass is 9.95. The molecule has 0 bridgehead atoms. The molecular weight excluding hydrogens is 456 g/mol. The van der Waals surface area contributed by atoms with Crippen LogP contribution in [-0.2, 0) is 6.54 Å². The molecule has 33 heavy (non-hydrogen) atoms. The molecule has 0 aliphatic carbocycles. The van der Waals surface area contributed by atoms with E-state index in [1.54, 1.807) is 4.80 Å². The van der Waals surface area contributed by atoms with Crippen LogP contribution in [0.4, 0.5) is 8.78 Å². The van der Waals surface area contributed by atoms with Crippen LogP contribution < -0.4 is 0 Å². The van der Waals surface area contributed by atoms with Gasteiger partial charge in [-0.25, -0.2) is 8.78 Å². The lowest BCUT2D eigenvalue weighted by Crippen LogP contribution is -2.13. The average molecular weight is 488 g/mol. The second kappa shape index (κ2) is 11.3. The van der Waals surface area contributed by atoms with E-state index < -0.39 is 11.6 Å². The minimum absolute atomic E-state index is 0.220. The summed E-state index contributed by atoms with van der Waals surface area (Å²) in [7, 11) is 0. The van der Waals surface area contributed by atoms with Gasteiger partial charge in [-0.2, -0.15) is 15.0 Å². The van der Waals surface area contributed by atoms with E-state index in [2.05, 4.69) is 13.8 Å². The van der Waals surface area contributed by atoms with E-state index in [-0.39, 0.29) is 11.1 Å². The highest BCUT2D eigenvalue weighted by Crippen LogP contribution is 2.41. The number of halogens is 2. The fourth-order valence-corrected chi connectivity index (χ4v) is 5.93. The molecule has 4 rings (SSSR count). The Hall–Kier alpha value is -2.12. The number of unbranched alkanes of at least 4 members (excludes halogenated alkanes) is 4. The molecule has 0 fully saturated rings. The molecule has 0 aliphatic rings. The maximum absolute atomic E-state index is 15.4. The Morgan fingerprint density at radius 3 is 1.82 bits per heavy atom. The number of benzene rings is 1. The van der Waals surface area contributed by atoms with Crippen molar-refractivity contribution in [2.45, 2.75) is 71.8 Å². The highest BCUT2D eigenvalue weighted by Gasteiger charge is 2.27. The van der Waals surface area contributed by atoms with Gasteiger partial charge in [0.2, 0.25) is 0 Å². The van der Waals surface area contributed by atoms with Gasteiger partial charge in [0.05, 0.1) is 17.7 Å². The van der Waals surface area contributed by atoms with Crippen molar-refractivity contribution in [2.24, 2.45) is 5.92 Å². The Morgan fingerprint density at radius 2 is 1.33 bits per heavy atom. The Labute approximate surface area is 202 Å². The zero-order valence-corrected chi connectivity index (χ0v) is 21.0. The van der Waals surface area contributed by atoms with E-state index in [1.807, 2.05) is 35.0 Å². The topological polar surface area (TPSA) is 30.7 Å². The summed E-state index contributed by atoms with van der Waals surface area (Å²) in [4.78, 5) is 3.03. The second-order valence-corrected chi connectivity index (χ2v) is 10.5. The van der Waals surface area contributed by atoms with Crippen LogP contribution in [0.25, 0.3) is 31.9 Å². The van der Waals surface area contributed by atoms with Crippen LogP contribution in [0, 0.1) is 17.6 Å². The number of hydrogen-bond donors (Lipinski definition) is 0. The fraction of sp³-hybridized carbons (Fsp3) is 0.462. The molecular formula is C26H31F2N3S2. The van der Waals surface area contributed by atoms with Crippen LogP contribution in [0.3, 0.4) is 0 Å². The fourth-order valence-electron chi connectivity index (χ4n) is 4.40. The number of aromatic nitrogens is 3. The first-order valence-electron chi connectivity index (χ1n) is 12.0. The maximum atomic E-state index is 15.4. The minimum Gasteiger partial charge on any atom is -0.203 e. The first-order chi connectivity index (χ1) is 16.1. The predicted molar refractivity (Wildman–Crippen MR) is 136 cm³/mol. The number of rotatable bonds is 12. The van der Waals surface area contributed by atoms with E-state index in [4.69, 9.17) is 10.2 Å². The zero-order valence-electron chi connectivity index (χ0n) is 19.3. The zero-order chi connectivity index (χ0) is 23.2. The molecule has 0 spiro atoms. The van der Waals surface area contributed by atoms with Crippen molar-refractivity contribution in [2.75, 3.05) is 0 Å². The molecule has 0 radical (unpaired) electrons. The predicted octanol–water partition coefficient (Wildman–Crippen LogP) is 8.94. The number of thiophene rings is 2. The van der Waals surface area contributed by atoms with E-state index in [0.29, 0.717) is 33.3 Å². The number of nitrogens with zero attached hydrogens (tertiary/aromatic N) is 3. The summed E-state index contributed by atoms with van der Waals surface area (Å²) in [6.45, 7) is 5.11. The van der Waals surface area contributed by atoms with E-state index >= 15 is 8.78 Å². The van der Waals surface area contributed by atoms with Crippen molar-refractivity contribution >= 4 is 33.7 Å². The van der Waals surface area contributed by atoms with Crippen LogP contribution in [0.2, 0.25) is 0 Å². The summed E-state index contributed by atoms with van der Waals surface area (Å²) in [5, 5.41) is 13.2. The molecule has 3 nitrogen and oxygen atoms in total. The number of fused-ring (bicyclic) bond motifs is 1. The normalized spacial score (nSPS) is 12.6. The first kappa shape index (κ1) is 24.0. The van der Waals surface area contributed by atoms with Crippen LogP contribution >= 0.6 is 22.7 Å². The molecule has 0 aliphatic heterocycles. The van der Waals surface area contributed by atoms with Crippen molar-refractivity contribution in [1.82, 2.24) is 15.0 Å². The lowest BCUT2D eigenvalue weighted by molar-refractivity contribution is 0.330. The Balaban J connectivity index is 1.75. The van der Waals surface area contributed by atoms with Gasteiger partial charge >= 0.3 is 0 Å². The van der Waals surface area contributed by atoms with E-state index in [1.165, 1.54) is 54.8 Å². The van der Waals surface area contributed by atoms with Crippen molar-refractivity contribution in [1.29, 1.82) is 0 Å². The molecule has 3 heterocycles. The molecule has 1 atom stereocenters. The quantitative estimate of drug-likeness (QED) is 0.187. The third-order valence-corrected chi connectivity index (χ3v) is 7.92. The summed E-state index contributed by atoms with van der Waals surface area (Å²) >= 11 is 2.77. The maximum Gasteiger partial charge on any atom is 0.170 e. The molecule has 0 N–H and O–H groups in total. The van der Waals surface area contributed by atoms with Crippen LogP contribution in [0.1, 0.15) is 65.2 Å². The minimum atomic E-state index is -0.845. The monoisotopic (exact) mass is 487 g/mol. The summed E-state index contributed by atoms with van der Waals surface area (Å²) < 4.78 is 30.8. The molecule has 0 amide bonds. The van der Waals surface area contributed by atoms with Gasteiger partial charge in [0.25, 0.3) is 0 Å². The summed E-state index contributed by atoms with van der Waals surface area (Å²) in [5.41, 5.74) is 1.33. The van der Waals surface area contributed by atoms with Gasteiger partial charge in [0.15, 0.2) is 11.6 Å². The summed E-state index contributed by atoms with van der Waals surface area (Å²) in [6, 6.07) is 7.31. The smallest absolute Gasteiger partial charge is 0.170 e. The van der Waals surface area contributed by atoms with Gasteiger partial charge in [0.1, 0.15) is 11.0 Å². The molecule has 3 aromatic heterocycles. The SMILES string of the molecule is CCCCCCC(CCCC)Cn1nc2c(-c3cccs3)c(F)c(F)c(-c3cccs3)c2n1. The molecule has 7 heteroatoms. The van der Waals surface area contributed by atoms with Crippen LogP contribution in [0.15, 0.2) is 35.0 Å². The van der Waals surface area contributed by atoms with E-state index in [0.717, 1.165) is 19.3 Å². The Morgan fingerprint density at radius 1 is 0.788 bits per heavy atom. The molecule has 1 unspecified atom stereocenters. The third-order valence-electron chi connectivity index (χ3n) is 6.15. The molecule has 0 saturated carbocycles. The van der Waals surface area contributed by atoms with Gasteiger partial charge in [-0.15, -0.1) is 22.7 Å². The van der Waals surface area contributed by atoms with Gasteiger partial charge < -0.3 is 0 Å². The van der Waals surface area contributed by atoms with Crippen molar-refractivity contribution < 1.29 is 8.78 Å². The average Bonchev–Trinajstić information content (AvgIpc) is 3.58.